The third-order valence-corrected chi connectivity index (χ3v) is 5.52. The average molecular weight is 374 g/mol. The standard InChI is InChI=1S/C21H30N2O4/c1-14-18(25-4)8-7-16(19(14)26-5)20-22-17(15(2)27-20)11-23-10-6-9-21(3,12-23)13-24/h7-8,24H,6,9-13H2,1-5H3. The van der Waals surface area contributed by atoms with Gasteiger partial charge in [0, 0.05) is 30.7 Å². The molecule has 0 saturated carbocycles. The van der Waals surface area contributed by atoms with E-state index in [1.54, 1.807) is 14.2 Å². The second kappa shape index (κ2) is 7.90. The summed E-state index contributed by atoms with van der Waals surface area (Å²) < 4.78 is 17.0. The fourth-order valence-corrected chi connectivity index (χ4v) is 3.92. The lowest BCUT2D eigenvalue weighted by molar-refractivity contribution is 0.0422. The van der Waals surface area contributed by atoms with Crippen LogP contribution in [0.1, 0.15) is 36.8 Å². The van der Waals surface area contributed by atoms with Gasteiger partial charge in [0.15, 0.2) is 0 Å². The molecule has 2 aromatic rings. The van der Waals surface area contributed by atoms with E-state index in [0.29, 0.717) is 11.6 Å². The molecule has 1 saturated heterocycles. The maximum atomic E-state index is 9.68. The zero-order valence-electron chi connectivity index (χ0n) is 17.0. The van der Waals surface area contributed by atoms with Crippen molar-refractivity contribution in [2.24, 2.45) is 5.41 Å². The van der Waals surface area contributed by atoms with Gasteiger partial charge in [-0.05, 0) is 45.4 Å². The van der Waals surface area contributed by atoms with E-state index < -0.39 is 0 Å². The number of aromatic nitrogens is 1. The Balaban J connectivity index is 1.86. The van der Waals surface area contributed by atoms with Gasteiger partial charge in [-0.2, -0.15) is 0 Å². The third-order valence-electron chi connectivity index (χ3n) is 5.52. The summed E-state index contributed by atoms with van der Waals surface area (Å²) >= 11 is 0. The molecule has 1 aromatic carbocycles. The summed E-state index contributed by atoms with van der Waals surface area (Å²) in [6.07, 6.45) is 2.15. The summed E-state index contributed by atoms with van der Waals surface area (Å²) in [5, 5.41) is 9.68. The number of oxazole rings is 1. The molecular formula is C21H30N2O4. The Hall–Kier alpha value is -2.05. The van der Waals surface area contributed by atoms with Crippen LogP contribution in [0.25, 0.3) is 11.5 Å². The monoisotopic (exact) mass is 374 g/mol. The maximum Gasteiger partial charge on any atom is 0.230 e. The fraction of sp³-hybridized carbons (Fsp3) is 0.571. The van der Waals surface area contributed by atoms with Crippen LogP contribution < -0.4 is 9.47 Å². The average Bonchev–Trinajstić information content (AvgIpc) is 3.01. The molecule has 27 heavy (non-hydrogen) atoms. The molecule has 1 N–H and O–H groups in total. The van der Waals surface area contributed by atoms with E-state index >= 15 is 0 Å². The van der Waals surface area contributed by atoms with E-state index in [-0.39, 0.29) is 12.0 Å². The first-order chi connectivity index (χ1) is 12.9. The highest BCUT2D eigenvalue weighted by Crippen LogP contribution is 2.38. The number of aliphatic hydroxyl groups excluding tert-OH is 1. The Morgan fingerprint density at radius 1 is 1.26 bits per heavy atom. The number of ether oxygens (including phenoxy) is 2. The Morgan fingerprint density at radius 2 is 2.04 bits per heavy atom. The number of nitrogens with zero attached hydrogens (tertiary/aromatic N) is 2. The van der Waals surface area contributed by atoms with Crippen LogP contribution in [0.5, 0.6) is 11.5 Å². The number of hydrogen-bond acceptors (Lipinski definition) is 6. The SMILES string of the molecule is COc1ccc(-c2nc(CN3CCCC(C)(CO)C3)c(C)o2)c(OC)c1C. The molecule has 0 spiro atoms. The topological polar surface area (TPSA) is 68.0 Å². The number of aryl methyl sites for hydroxylation is 1. The molecule has 148 valence electrons. The molecule has 0 bridgehead atoms. The molecule has 3 rings (SSSR count). The molecule has 1 atom stereocenters. The van der Waals surface area contributed by atoms with Crippen molar-refractivity contribution >= 4 is 0 Å². The first kappa shape index (κ1) is 19.7. The van der Waals surface area contributed by atoms with Crippen LogP contribution in [-0.4, -0.2) is 48.9 Å². The van der Waals surface area contributed by atoms with Gasteiger partial charge in [-0.15, -0.1) is 0 Å². The Kier molecular flexibility index (Phi) is 5.77. The van der Waals surface area contributed by atoms with Crippen molar-refractivity contribution in [3.63, 3.8) is 0 Å². The van der Waals surface area contributed by atoms with E-state index in [1.165, 1.54) is 0 Å². The predicted octanol–water partition coefficient (Wildman–Crippen LogP) is 3.57. The quantitative estimate of drug-likeness (QED) is 0.834. The zero-order valence-corrected chi connectivity index (χ0v) is 17.0. The molecule has 1 aliphatic rings. The second-order valence-corrected chi connectivity index (χ2v) is 7.78. The molecule has 1 fully saturated rings. The summed E-state index contributed by atoms with van der Waals surface area (Å²) in [5.41, 5.74) is 2.64. The van der Waals surface area contributed by atoms with Crippen molar-refractivity contribution < 1.29 is 19.0 Å². The highest BCUT2D eigenvalue weighted by atomic mass is 16.5. The van der Waals surface area contributed by atoms with Crippen molar-refractivity contribution in [2.75, 3.05) is 33.9 Å². The van der Waals surface area contributed by atoms with Gasteiger partial charge in [-0.3, -0.25) is 4.90 Å². The zero-order chi connectivity index (χ0) is 19.6. The molecule has 1 aromatic heterocycles. The van der Waals surface area contributed by atoms with Gasteiger partial charge in [0.05, 0.1) is 25.5 Å². The van der Waals surface area contributed by atoms with Crippen LogP contribution in [0.3, 0.4) is 0 Å². The largest absolute Gasteiger partial charge is 0.496 e. The molecule has 2 heterocycles. The highest BCUT2D eigenvalue weighted by Gasteiger charge is 2.31. The van der Waals surface area contributed by atoms with Gasteiger partial charge >= 0.3 is 0 Å². The summed E-state index contributed by atoms with van der Waals surface area (Å²) in [7, 11) is 3.29. The van der Waals surface area contributed by atoms with Gasteiger partial charge in [-0.1, -0.05) is 6.92 Å². The van der Waals surface area contributed by atoms with Crippen LogP contribution in [-0.2, 0) is 6.54 Å². The van der Waals surface area contributed by atoms with Crippen molar-refractivity contribution in [1.82, 2.24) is 9.88 Å². The third kappa shape index (κ3) is 3.96. The predicted molar refractivity (Wildman–Crippen MR) is 104 cm³/mol. The lowest BCUT2D eigenvalue weighted by Gasteiger charge is -2.39. The number of rotatable bonds is 6. The van der Waals surface area contributed by atoms with E-state index in [0.717, 1.165) is 60.8 Å². The van der Waals surface area contributed by atoms with E-state index in [4.69, 9.17) is 18.9 Å². The van der Waals surface area contributed by atoms with Gasteiger partial charge in [0.2, 0.25) is 5.89 Å². The van der Waals surface area contributed by atoms with Gasteiger partial charge in [-0.25, -0.2) is 4.98 Å². The van der Waals surface area contributed by atoms with Gasteiger partial charge < -0.3 is 19.0 Å². The fourth-order valence-electron chi connectivity index (χ4n) is 3.92. The molecule has 0 amide bonds. The highest BCUT2D eigenvalue weighted by molar-refractivity contribution is 5.68. The van der Waals surface area contributed by atoms with E-state index in [2.05, 4.69) is 11.8 Å². The minimum absolute atomic E-state index is 0.0327. The lowest BCUT2D eigenvalue weighted by Crippen LogP contribution is -2.43. The summed E-state index contributed by atoms with van der Waals surface area (Å²) in [5.74, 6) is 2.87. The Morgan fingerprint density at radius 3 is 2.70 bits per heavy atom. The number of hydrogen-bond donors (Lipinski definition) is 1. The van der Waals surface area contributed by atoms with Crippen molar-refractivity contribution in [3.8, 4) is 23.0 Å². The normalized spacial score (nSPS) is 20.7. The number of methoxy groups -OCH3 is 2. The van der Waals surface area contributed by atoms with E-state index in [9.17, 15) is 5.11 Å². The second-order valence-electron chi connectivity index (χ2n) is 7.78. The molecule has 6 nitrogen and oxygen atoms in total. The molecule has 1 unspecified atom stereocenters. The smallest absolute Gasteiger partial charge is 0.230 e. The first-order valence-corrected chi connectivity index (χ1v) is 9.42. The minimum Gasteiger partial charge on any atom is -0.496 e. The van der Waals surface area contributed by atoms with Gasteiger partial charge in [0.25, 0.3) is 0 Å². The minimum atomic E-state index is -0.0327. The van der Waals surface area contributed by atoms with Crippen LogP contribution in [0, 0.1) is 19.3 Å². The van der Waals surface area contributed by atoms with Crippen molar-refractivity contribution in [1.29, 1.82) is 0 Å². The first-order valence-electron chi connectivity index (χ1n) is 9.42. The van der Waals surface area contributed by atoms with Crippen LogP contribution in [0.2, 0.25) is 0 Å². The molecule has 1 aliphatic heterocycles. The Bertz CT molecular complexity index is 802. The summed E-state index contributed by atoms with van der Waals surface area (Å²) in [4.78, 5) is 7.11. The lowest BCUT2D eigenvalue weighted by atomic mass is 9.83. The number of piperidine rings is 1. The molecule has 0 radical (unpaired) electrons. The molecule has 0 aliphatic carbocycles. The summed E-state index contributed by atoms with van der Waals surface area (Å²) in [6, 6.07) is 3.83. The van der Waals surface area contributed by atoms with Crippen molar-refractivity contribution in [3.05, 3.63) is 29.2 Å². The molecular weight excluding hydrogens is 344 g/mol. The van der Waals surface area contributed by atoms with Crippen LogP contribution >= 0.6 is 0 Å². The number of likely N-dealkylation sites (tertiary alicyclic amines) is 1. The maximum absolute atomic E-state index is 9.68. The van der Waals surface area contributed by atoms with Crippen molar-refractivity contribution in [2.45, 2.75) is 40.2 Å². The Labute approximate surface area is 161 Å². The summed E-state index contributed by atoms with van der Waals surface area (Å²) in [6.45, 7) is 8.88. The van der Waals surface area contributed by atoms with Crippen LogP contribution in [0.15, 0.2) is 16.5 Å². The molecule has 6 heteroatoms. The van der Waals surface area contributed by atoms with Gasteiger partial charge in [0.1, 0.15) is 17.3 Å². The van der Waals surface area contributed by atoms with Crippen LogP contribution in [0.4, 0.5) is 0 Å². The number of aliphatic hydroxyl groups is 1. The number of benzene rings is 1. The van der Waals surface area contributed by atoms with E-state index in [1.807, 2.05) is 26.0 Å².